The van der Waals surface area contributed by atoms with Gasteiger partial charge in [-0.2, -0.15) is 0 Å². The van der Waals surface area contributed by atoms with Crippen molar-refractivity contribution in [2.24, 2.45) is 0 Å². The zero-order valence-electron chi connectivity index (χ0n) is 16.7. The minimum Gasteiger partial charge on any atom is -0.505 e. The molecule has 0 aliphatic heterocycles. The topological polar surface area (TPSA) is 122 Å². The van der Waals surface area contributed by atoms with Gasteiger partial charge in [0.25, 0.3) is 0 Å². The maximum Gasteiger partial charge on any atom is 0.321 e. The van der Waals surface area contributed by atoms with Crippen LogP contribution in [0.2, 0.25) is 10.0 Å². The summed E-state index contributed by atoms with van der Waals surface area (Å²) in [6, 6.07) is 14.9. The van der Waals surface area contributed by atoms with Crippen molar-refractivity contribution in [3.05, 3.63) is 75.8 Å². The fraction of sp³-hybridized carbons (Fsp3) is 0.130. The monoisotopic (exact) mass is 471 g/mol. The van der Waals surface area contributed by atoms with E-state index in [4.69, 9.17) is 33.4 Å². The standard InChI is InChI=1S/C23H19Cl2N3O4/c24-16-6-12(7-17(25)20(16)29)8-19(23(30)31)27-11-14-9-15(26)10-18-21(14)32-22(28-18)13-4-2-1-3-5-13/h1-7,9-10,19,27,29H,8,11,26H2,(H,30,31)/t19-/m0/s1. The van der Waals surface area contributed by atoms with E-state index in [2.05, 4.69) is 10.3 Å². The van der Waals surface area contributed by atoms with Gasteiger partial charge in [-0.05, 0) is 48.4 Å². The number of nitrogen functional groups attached to an aromatic ring is 1. The first-order chi connectivity index (χ1) is 15.3. The molecule has 0 aliphatic carbocycles. The van der Waals surface area contributed by atoms with Gasteiger partial charge in [-0.1, -0.05) is 41.4 Å². The molecule has 164 valence electrons. The maximum atomic E-state index is 11.8. The third-order valence-electron chi connectivity index (χ3n) is 4.96. The van der Waals surface area contributed by atoms with Gasteiger partial charge in [-0.25, -0.2) is 4.98 Å². The smallest absolute Gasteiger partial charge is 0.321 e. The van der Waals surface area contributed by atoms with Crippen molar-refractivity contribution >= 4 is 46.0 Å². The second-order valence-corrected chi connectivity index (χ2v) is 8.11. The van der Waals surface area contributed by atoms with Crippen molar-refractivity contribution in [3.8, 4) is 17.2 Å². The number of nitrogens with zero attached hydrogens (tertiary/aromatic N) is 1. The predicted octanol–water partition coefficient (Wildman–Crippen LogP) is 4.87. The normalized spacial score (nSPS) is 12.2. The number of nitrogens with two attached hydrogens (primary N) is 1. The van der Waals surface area contributed by atoms with Crippen LogP contribution in [0.4, 0.5) is 5.69 Å². The number of aromatic hydroxyl groups is 1. The van der Waals surface area contributed by atoms with Crippen LogP contribution in [0.25, 0.3) is 22.6 Å². The number of carboxylic acids is 1. The van der Waals surface area contributed by atoms with Crippen LogP contribution in [0, 0.1) is 0 Å². The van der Waals surface area contributed by atoms with E-state index in [9.17, 15) is 15.0 Å². The number of carbonyl (C=O) groups is 1. The number of aromatic nitrogens is 1. The van der Waals surface area contributed by atoms with E-state index in [1.165, 1.54) is 12.1 Å². The van der Waals surface area contributed by atoms with E-state index in [0.717, 1.165) is 5.56 Å². The Balaban J connectivity index is 1.59. The molecule has 7 nitrogen and oxygen atoms in total. The summed E-state index contributed by atoms with van der Waals surface area (Å²) in [4.78, 5) is 16.4. The molecule has 4 rings (SSSR count). The lowest BCUT2D eigenvalue weighted by Gasteiger charge is -2.16. The fourth-order valence-corrected chi connectivity index (χ4v) is 3.95. The number of anilines is 1. The molecule has 9 heteroatoms. The van der Waals surface area contributed by atoms with E-state index in [1.807, 2.05) is 30.3 Å². The number of oxazole rings is 1. The van der Waals surface area contributed by atoms with E-state index < -0.39 is 12.0 Å². The van der Waals surface area contributed by atoms with Gasteiger partial charge in [-0.3, -0.25) is 10.1 Å². The van der Waals surface area contributed by atoms with Gasteiger partial charge in [0.15, 0.2) is 11.3 Å². The number of phenols is 1. The van der Waals surface area contributed by atoms with E-state index in [-0.39, 0.29) is 28.8 Å². The lowest BCUT2D eigenvalue weighted by Crippen LogP contribution is -2.38. The number of nitrogens with one attached hydrogen (secondary N) is 1. The van der Waals surface area contributed by atoms with Crippen LogP contribution in [0.3, 0.4) is 0 Å². The third kappa shape index (κ3) is 4.65. The number of benzene rings is 3. The summed E-state index contributed by atoms with van der Waals surface area (Å²) in [5.41, 5.74) is 9.72. The largest absolute Gasteiger partial charge is 0.505 e. The number of fused-ring (bicyclic) bond motifs is 1. The van der Waals surface area contributed by atoms with Crippen molar-refractivity contribution in [2.45, 2.75) is 19.0 Å². The molecule has 0 amide bonds. The zero-order chi connectivity index (χ0) is 22.8. The number of halogens is 2. The van der Waals surface area contributed by atoms with Crippen molar-refractivity contribution in [3.63, 3.8) is 0 Å². The van der Waals surface area contributed by atoms with Crippen molar-refractivity contribution in [1.82, 2.24) is 10.3 Å². The Hall–Kier alpha value is -3.26. The Bertz CT molecular complexity index is 1270. The minimum absolute atomic E-state index is 0.0595. The molecule has 3 aromatic carbocycles. The highest BCUT2D eigenvalue weighted by Gasteiger charge is 2.20. The molecule has 0 saturated carbocycles. The van der Waals surface area contributed by atoms with Gasteiger partial charge in [0.2, 0.25) is 5.89 Å². The van der Waals surface area contributed by atoms with Gasteiger partial charge >= 0.3 is 5.97 Å². The van der Waals surface area contributed by atoms with Gasteiger partial charge in [0.05, 0.1) is 10.0 Å². The van der Waals surface area contributed by atoms with E-state index >= 15 is 0 Å². The molecule has 0 saturated heterocycles. The number of aliphatic carboxylic acids is 1. The maximum absolute atomic E-state index is 11.8. The Kier molecular flexibility index (Phi) is 6.23. The lowest BCUT2D eigenvalue weighted by molar-refractivity contribution is -0.139. The van der Waals surface area contributed by atoms with Crippen molar-refractivity contribution in [1.29, 1.82) is 0 Å². The van der Waals surface area contributed by atoms with Gasteiger partial charge in [-0.15, -0.1) is 0 Å². The zero-order valence-corrected chi connectivity index (χ0v) is 18.2. The molecule has 1 atom stereocenters. The summed E-state index contributed by atoms with van der Waals surface area (Å²) in [5.74, 6) is -0.831. The number of rotatable bonds is 7. The molecule has 1 heterocycles. The number of hydrogen-bond donors (Lipinski definition) is 4. The molecule has 0 unspecified atom stereocenters. The molecule has 0 aliphatic rings. The molecular weight excluding hydrogens is 453 g/mol. The highest BCUT2D eigenvalue weighted by atomic mass is 35.5. The van der Waals surface area contributed by atoms with Gasteiger partial charge < -0.3 is 20.4 Å². The molecule has 0 fully saturated rings. The summed E-state index contributed by atoms with van der Waals surface area (Å²) in [7, 11) is 0. The first kappa shape index (κ1) is 22.0. The number of phenolic OH excluding ortho intramolecular Hbond substituents is 1. The summed E-state index contributed by atoms with van der Waals surface area (Å²) in [6.45, 7) is 0.182. The first-order valence-electron chi connectivity index (χ1n) is 9.69. The van der Waals surface area contributed by atoms with Crippen LogP contribution in [0.5, 0.6) is 5.75 Å². The Morgan fingerprint density at radius 2 is 1.81 bits per heavy atom. The fourth-order valence-electron chi connectivity index (χ4n) is 3.41. The molecular formula is C23H19Cl2N3O4. The molecule has 32 heavy (non-hydrogen) atoms. The molecule has 0 radical (unpaired) electrons. The predicted molar refractivity (Wildman–Crippen MR) is 124 cm³/mol. The Labute approximate surface area is 193 Å². The number of carboxylic acid groups (broad SMARTS) is 1. The van der Waals surface area contributed by atoms with Gasteiger partial charge in [0, 0.05) is 23.4 Å². The number of hydrogen-bond acceptors (Lipinski definition) is 6. The van der Waals surface area contributed by atoms with Crippen LogP contribution in [0.15, 0.2) is 59.0 Å². The highest BCUT2D eigenvalue weighted by Crippen LogP contribution is 2.33. The third-order valence-corrected chi connectivity index (χ3v) is 5.54. The molecule has 0 spiro atoms. The molecule has 0 bridgehead atoms. The van der Waals surface area contributed by atoms with E-state index in [1.54, 1.807) is 12.1 Å². The van der Waals surface area contributed by atoms with Crippen LogP contribution in [0.1, 0.15) is 11.1 Å². The molecule has 1 aromatic heterocycles. The van der Waals surface area contributed by atoms with Crippen LogP contribution in [-0.2, 0) is 17.8 Å². The highest BCUT2D eigenvalue weighted by molar-refractivity contribution is 6.37. The minimum atomic E-state index is -1.05. The van der Waals surface area contributed by atoms with Crippen molar-refractivity contribution in [2.75, 3.05) is 5.73 Å². The average molecular weight is 472 g/mol. The SMILES string of the molecule is Nc1cc(CN[C@@H](Cc2cc(Cl)c(O)c(Cl)c2)C(=O)O)c2oc(-c3ccccc3)nc2c1. The Morgan fingerprint density at radius 1 is 1.12 bits per heavy atom. The second kappa shape index (κ2) is 9.08. The summed E-state index contributed by atoms with van der Waals surface area (Å²) < 4.78 is 5.98. The van der Waals surface area contributed by atoms with Crippen LogP contribution >= 0.6 is 23.2 Å². The first-order valence-corrected chi connectivity index (χ1v) is 10.4. The van der Waals surface area contributed by atoms with Crippen molar-refractivity contribution < 1.29 is 19.4 Å². The molecule has 4 aromatic rings. The summed E-state index contributed by atoms with van der Waals surface area (Å²) in [6.07, 6.45) is 0.103. The second-order valence-electron chi connectivity index (χ2n) is 7.30. The van der Waals surface area contributed by atoms with Crippen LogP contribution < -0.4 is 11.1 Å². The lowest BCUT2D eigenvalue weighted by atomic mass is 10.0. The quantitative estimate of drug-likeness (QED) is 0.283. The summed E-state index contributed by atoms with van der Waals surface area (Å²) in [5, 5.41) is 22.5. The van der Waals surface area contributed by atoms with Gasteiger partial charge in [0.1, 0.15) is 11.6 Å². The van der Waals surface area contributed by atoms with E-state index in [0.29, 0.717) is 33.8 Å². The Morgan fingerprint density at radius 3 is 2.47 bits per heavy atom. The molecule has 5 N–H and O–H groups in total. The van der Waals surface area contributed by atoms with Crippen LogP contribution in [-0.4, -0.2) is 27.2 Å². The summed E-state index contributed by atoms with van der Waals surface area (Å²) >= 11 is 11.9. The average Bonchev–Trinajstić information content (AvgIpc) is 3.19.